The molecule has 1 fully saturated rings. The summed E-state index contributed by atoms with van der Waals surface area (Å²) in [5, 5.41) is 6.93. The van der Waals surface area contributed by atoms with Gasteiger partial charge in [0.15, 0.2) is 0 Å². The number of rotatable bonds is 4. The summed E-state index contributed by atoms with van der Waals surface area (Å²) in [5.41, 5.74) is 0.763. The summed E-state index contributed by atoms with van der Waals surface area (Å²) in [4.78, 5) is 11.9. The van der Waals surface area contributed by atoms with Crippen LogP contribution in [0.5, 0.6) is 5.75 Å². The van der Waals surface area contributed by atoms with Crippen LogP contribution in [0.4, 0.5) is 0 Å². The predicted molar refractivity (Wildman–Crippen MR) is 79.1 cm³/mol. The largest absolute Gasteiger partial charge is 0.495 e. The number of carbonyl (C=O) groups is 1. The molecule has 7 heteroatoms. The molecular formula is C12H14Cl2N2O2S. The van der Waals surface area contributed by atoms with Gasteiger partial charge in [-0.3, -0.25) is 10.1 Å². The van der Waals surface area contributed by atoms with Crippen molar-refractivity contribution in [3.63, 3.8) is 0 Å². The van der Waals surface area contributed by atoms with Crippen LogP contribution in [0.1, 0.15) is 5.56 Å². The van der Waals surface area contributed by atoms with E-state index >= 15 is 0 Å². The molecule has 19 heavy (non-hydrogen) atoms. The average Bonchev–Trinajstić information content (AvgIpc) is 2.89. The molecular weight excluding hydrogens is 307 g/mol. The van der Waals surface area contributed by atoms with Gasteiger partial charge in [-0.1, -0.05) is 23.2 Å². The first-order chi connectivity index (χ1) is 9.11. The van der Waals surface area contributed by atoms with Crippen molar-refractivity contribution in [1.82, 2.24) is 10.6 Å². The Bertz CT molecular complexity index is 479. The lowest BCUT2D eigenvalue weighted by Gasteiger charge is -2.14. The Kier molecular flexibility index (Phi) is 5.21. The van der Waals surface area contributed by atoms with E-state index in [1.54, 1.807) is 23.9 Å². The highest BCUT2D eigenvalue weighted by Crippen LogP contribution is 2.32. The monoisotopic (exact) mass is 320 g/mol. The van der Waals surface area contributed by atoms with Gasteiger partial charge in [0.1, 0.15) is 5.75 Å². The highest BCUT2D eigenvalue weighted by molar-refractivity contribution is 7.99. The van der Waals surface area contributed by atoms with E-state index in [1.165, 1.54) is 7.11 Å². The Hall–Kier alpha value is -0.620. The predicted octanol–water partition coefficient (Wildman–Crippen LogP) is 2.28. The van der Waals surface area contributed by atoms with Crippen LogP contribution in [0.2, 0.25) is 10.0 Å². The fourth-order valence-electron chi connectivity index (χ4n) is 1.84. The Balaban J connectivity index is 2.04. The van der Waals surface area contributed by atoms with E-state index < -0.39 is 0 Å². The van der Waals surface area contributed by atoms with Crippen LogP contribution in [0.25, 0.3) is 0 Å². The average molecular weight is 321 g/mol. The van der Waals surface area contributed by atoms with Gasteiger partial charge in [-0.2, -0.15) is 0 Å². The van der Waals surface area contributed by atoms with Gasteiger partial charge < -0.3 is 10.1 Å². The summed E-state index contributed by atoms with van der Waals surface area (Å²) in [5.74, 6) is 2.12. The molecule has 0 bridgehead atoms. The van der Waals surface area contributed by atoms with Crippen LogP contribution in [0.15, 0.2) is 12.1 Å². The number of benzene rings is 1. The van der Waals surface area contributed by atoms with Gasteiger partial charge in [0.05, 0.1) is 18.2 Å². The molecule has 1 aromatic rings. The number of ether oxygens (including phenoxy) is 1. The van der Waals surface area contributed by atoms with E-state index in [0.29, 0.717) is 22.3 Å². The molecule has 104 valence electrons. The number of halogens is 2. The van der Waals surface area contributed by atoms with Gasteiger partial charge in [-0.15, -0.1) is 11.8 Å². The van der Waals surface area contributed by atoms with Crippen LogP contribution in [-0.2, 0) is 11.3 Å². The molecule has 0 saturated carbocycles. The topological polar surface area (TPSA) is 50.4 Å². The quantitative estimate of drug-likeness (QED) is 0.893. The lowest BCUT2D eigenvalue weighted by atomic mass is 10.2. The standard InChI is InChI=1S/C12H14Cl2N2O2S/c1-18-11-7(2-8(13)3-9(11)14)4-15-12(17)10-5-19-6-16-10/h2-3,10,16H,4-6H2,1H3,(H,15,17). The van der Waals surface area contributed by atoms with Crippen molar-refractivity contribution in [3.05, 3.63) is 27.7 Å². The summed E-state index contributed by atoms with van der Waals surface area (Å²) < 4.78 is 5.23. The number of hydrogen-bond acceptors (Lipinski definition) is 4. The van der Waals surface area contributed by atoms with E-state index in [4.69, 9.17) is 27.9 Å². The van der Waals surface area contributed by atoms with E-state index in [0.717, 1.165) is 17.2 Å². The van der Waals surface area contributed by atoms with Crippen LogP contribution < -0.4 is 15.4 Å². The first kappa shape index (κ1) is 14.8. The summed E-state index contributed by atoms with van der Waals surface area (Å²) in [6.45, 7) is 0.338. The van der Waals surface area contributed by atoms with Crippen LogP contribution in [0.3, 0.4) is 0 Å². The molecule has 0 radical (unpaired) electrons. The van der Waals surface area contributed by atoms with Gasteiger partial charge in [0, 0.05) is 28.8 Å². The fourth-order valence-corrected chi connectivity index (χ4v) is 3.40. The van der Waals surface area contributed by atoms with Crippen LogP contribution in [0, 0.1) is 0 Å². The maximum atomic E-state index is 11.9. The lowest BCUT2D eigenvalue weighted by molar-refractivity contribution is -0.122. The van der Waals surface area contributed by atoms with Crippen molar-refractivity contribution >= 4 is 40.9 Å². The van der Waals surface area contributed by atoms with E-state index in [1.807, 2.05) is 0 Å². The van der Waals surface area contributed by atoms with Gasteiger partial charge in [0.25, 0.3) is 0 Å². The zero-order valence-corrected chi connectivity index (χ0v) is 12.7. The maximum absolute atomic E-state index is 11.9. The van der Waals surface area contributed by atoms with Crippen molar-refractivity contribution in [2.24, 2.45) is 0 Å². The maximum Gasteiger partial charge on any atom is 0.238 e. The molecule has 0 aliphatic carbocycles. The smallest absolute Gasteiger partial charge is 0.238 e. The Morgan fingerprint density at radius 2 is 2.37 bits per heavy atom. The highest BCUT2D eigenvalue weighted by atomic mass is 35.5. The van der Waals surface area contributed by atoms with Crippen molar-refractivity contribution < 1.29 is 9.53 Å². The third kappa shape index (κ3) is 3.69. The highest BCUT2D eigenvalue weighted by Gasteiger charge is 2.22. The van der Waals surface area contributed by atoms with Crippen molar-refractivity contribution in [2.45, 2.75) is 12.6 Å². The number of methoxy groups -OCH3 is 1. The third-order valence-electron chi connectivity index (χ3n) is 2.78. The van der Waals surface area contributed by atoms with Crippen molar-refractivity contribution in [1.29, 1.82) is 0 Å². The molecule has 1 saturated heterocycles. The molecule has 2 rings (SSSR count). The third-order valence-corrected chi connectivity index (χ3v) is 4.21. The summed E-state index contributed by atoms with van der Waals surface area (Å²) >= 11 is 13.7. The van der Waals surface area contributed by atoms with Crippen LogP contribution in [-0.4, -0.2) is 30.7 Å². The van der Waals surface area contributed by atoms with Crippen molar-refractivity contribution in [2.75, 3.05) is 18.7 Å². The van der Waals surface area contributed by atoms with Crippen molar-refractivity contribution in [3.8, 4) is 5.75 Å². The molecule has 1 unspecified atom stereocenters. The molecule has 1 atom stereocenters. The summed E-state index contributed by atoms with van der Waals surface area (Å²) in [6, 6.07) is 3.22. The number of amides is 1. The first-order valence-electron chi connectivity index (χ1n) is 5.72. The minimum Gasteiger partial charge on any atom is -0.495 e. The van der Waals surface area contributed by atoms with E-state index in [2.05, 4.69) is 10.6 Å². The molecule has 1 heterocycles. The summed E-state index contributed by atoms with van der Waals surface area (Å²) in [7, 11) is 1.54. The minimum absolute atomic E-state index is 0.0249. The zero-order valence-electron chi connectivity index (χ0n) is 10.3. The minimum atomic E-state index is -0.134. The Labute approximate surface area is 126 Å². The first-order valence-corrected chi connectivity index (χ1v) is 7.63. The second-order valence-corrected chi connectivity index (χ2v) is 5.94. The number of hydrogen-bond donors (Lipinski definition) is 2. The Morgan fingerprint density at radius 3 is 3.00 bits per heavy atom. The molecule has 2 N–H and O–H groups in total. The van der Waals surface area contributed by atoms with Gasteiger partial charge in [0.2, 0.25) is 5.91 Å². The van der Waals surface area contributed by atoms with Gasteiger partial charge in [-0.25, -0.2) is 0 Å². The number of nitrogens with one attached hydrogen (secondary N) is 2. The lowest BCUT2D eigenvalue weighted by Crippen LogP contribution is -2.41. The van der Waals surface area contributed by atoms with E-state index in [9.17, 15) is 4.79 Å². The van der Waals surface area contributed by atoms with E-state index in [-0.39, 0.29) is 11.9 Å². The van der Waals surface area contributed by atoms with Crippen LogP contribution >= 0.6 is 35.0 Å². The second kappa shape index (κ2) is 6.70. The molecule has 1 aliphatic heterocycles. The fraction of sp³-hybridized carbons (Fsp3) is 0.417. The molecule has 1 aromatic carbocycles. The molecule has 0 aromatic heterocycles. The molecule has 0 spiro atoms. The number of carbonyl (C=O) groups excluding carboxylic acids is 1. The molecule has 1 amide bonds. The molecule has 1 aliphatic rings. The SMILES string of the molecule is COc1c(Cl)cc(Cl)cc1CNC(=O)C1CSCN1. The normalized spacial score (nSPS) is 18.4. The molecule has 4 nitrogen and oxygen atoms in total. The number of thioether (sulfide) groups is 1. The summed E-state index contributed by atoms with van der Waals surface area (Å²) in [6.07, 6.45) is 0. The Morgan fingerprint density at radius 1 is 1.58 bits per heavy atom. The second-order valence-electron chi connectivity index (χ2n) is 4.07. The van der Waals surface area contributed by atoms with Gasteiger partial charge >= 0.3 is 0 Å². The zero-order chi connectivity index (χ0) is 13.8. The van der Waals surface area contributed by atoms with Gasteiger partial charge in [-0.05, 0) is 12.1 Å².